The van der Waals surface area contributed by atoms with E-state index in [1.165, 1.54) is 0 Å². The van der Waals surface area contributed by atoms with Gasteiger partial charge in [0.05, 0.1) is 0 Å². The van der Waals surface area contributed by atoms with Gasteiger partial charge in [0.25, 0.3) is 0 Å². The number of hydrazine groups is 1. The van der Waals surface area contributed by atoms with Gasteiger partial charge in [0.2, 0.25) is 0 Å². The summed E-state index contributed by atoms with van der Waals surface area (Å²) in [4.78, 5) is 0. The Hall–Kier alpha value is 0.979. The van der Waals surface area contributed by atoms with Crippen LogP contribution in [0.25, 0.3) is 0 Å². The van der Waals surface area contributed by atoms with E-state index in [4.69, 9.17) is 20.2 Å². The zero-order valence-electron chi connectivity index (χ0n) is 2.76. The molecule has 0 aliphatic rings. The van der Waals surface area contributed by atoms with Crippen LogP contribution in [0.3, 0.4) is 0 Å². The fourth-order valence-corrected chi connectivity index (χ4v) is 0. The van der Waals surface area contributed by atoms with Gasteiger partial charge < -0.3 is 5.48 Å². The molecule has 0 saturated carbocycles. The van der Waals surface area contributed by atoms with Crippen LogP contribution in [0.5, 0.6) is 0 Å². The molecule has 0 bridgehead atoms. The van der Waals surface area contributed by atoms with E-state index in [9.17, 15) is 0 Å². The molecular weight excluding hydrogens is 183 g/mol. The molecule has 0 fully saturated rings. The summed E-state index contributed by atoms with van der Waals surface area (Å²) >= 11 is 0.194. The third kappa shape index (κ3) is 180. The van der Waals surface area contributed by atoms with E-state index in [-0.39, 0.29) is 26.0 Å². The first kappa shape index (κ1) is 24.5. The maximum atomic E-state index is 4.76. The van der Waals surface area contributed by atoms with E-state index >= 15 is 0 Å². The molecular formula is CH10Cl2FeN2O. The van der Waals surface area contributed by atoms with Crippen LogP contribution >= 0.6 is 20.2 Å². The van der Waals surface area contributed by atoms with Crippen LogP contribution in [0.2, 0.25) is 0 Å². The Bertz CT molecular complexity index is 15.7. The average Bonchev–Trinajstić information content (AvgIpc) is 1.46. The summed E-state index contributed by atoms with van der Waals surface area (Å²) < 4.78 is 0. The molecule has 0 radical (unpaired) electrons. The molecule has 0 aliphatic carbocycles. The van der Waals surface area contributed by atoms with Crippen molar-refractivity contribution in [1.82, 2.24) is 0 Å². The second-order valence-corrected chi connectivity index (χ2v) is 1.87. The van der Waals surface area contributed by atoms with Crippen LogP contribution in [-0.2, 0) is 13.1 Å². The first-order chi connectivity index (χ1) is 2.41. The quantitative estimate of drug-likeness (QED) is 0.322. The molecule has 3 nitrogen and oxygen atoms in total. The topological polar surface area (TPSA) is 83.5 Å². The first-order valence-electron chi connectivity index (χ1n) is 0.601. The van der Waals surface area contributed by atoms with Gasteiger partial charge in [-0.15, -0.1) is 0 Å². The molecule has 0 amide bonds. The van der Waals surface area contributed by atoms with Crippen molar-refractivity contribution >= 4 is 20.2 Å². The van der Waals surface area contributed by atoms with Crippen molar-refractivity contribution in [3.8, 4) is 0 Å². The average molecular weight is 193 g/mol. The Balaban J connectivity index is -0.0000000105. The van der Waals surface area contributed by atoms with Gasteiger partial charge in [-0.05, 0) is 0 Å². The van der Waals surface area contributed by atoms with E-state index in [2.05, 4.69) is 11.7 Å². The normalized spacial score (nSPS) is 4.00. The van der Waals surface area contributed by atoms with Crippen molar-refractivity contribution < 1.29 is 18.6 Å². The molecule has 0 rings (SSSR count). The Labute approximate surface area is 58.2 Å². The standard InChI is InChI=1S/CH4.2ClH.Fe.H4N2.H2O/c;;;;1-2;/h1H4;2*1H;;1-2H2;1H2/q;;;+2;;/p-2. The molecule has 0 spiro atoms. The van der Waals surface area contributed by atoms with Crippen LogP contribution in [0.4, 0.5) is 0 Å². The zero-order chi connectivity index (χ0) is 4.71. The summed E-state index contributed by atoms with van der Waals surface area (Å²) in [5.74, 6) is 8.00. The Morgan fingerprint density at radius 2 is 1.14 bits per heavy atom. The van der Waals surface area contributed by atoms with Crippen LogP contribution in [0, 0.1) is 0 Å². The molecule has 0 aromatic heterocycles. The van der Waals surface area contributed by atoms with Gasteiger partial charge >= 0.3 is 33.3 Å². The predicted octanol–water partition coefficient (Wildman–Crippen LogP) is 0.00670. The zero-order valence-corrected chi connectivity index (χ0v) is 5.38. The molecule has 52 valence electrons. The SMILES string of the molecule is C.NN.O.[Cl][Fe][Cl]. The molecule has 0 heterocycles. The van der Waals surface area contributed by atoms with Crippen molar-refractivity contribution in [3.05, 3.63) is 0 Å². The summed E-state index contributed by atoms with van der Waals surface area (Å²) in [5, 5.41) is 0. The summed E-state index contributed by atoms with van der Waals surface area (Å²) in [5.41, 5.74) is 0. The summed E-state index contributed by atoms with van der Waals surface area (Å²) in [6, 6.07) is 0. The maximum absolute atomic E-state index is 4.76. The first-order valence-corrected chi connectivity index (χ1v) is 3.64. The van der Waals surface area contributed by atoms with E-state index < -0.39 is 0 Å². The van der Waals surface area contributed by atoms with Gasteiger partial charge in [-0.25, -0.2) is 0 Å². The minimum atomic E-state index is 0. The molecule has 6 N–H and O–H groups in total. The minimum absolute atomic E-state index is 0. The van der Waals surface area contributed by atoms with Crippen molar-refractivity contribution in [3.63, 3.8) is 0 Å². The van der Waals surface area contributed by atoms with Crippen molar-refractivity contribution in [1.29, 1.82) is 0 Å². The van der Waals surface area contributed by atoms with Gasteiger partial charge in [0.1, 0.15) is 0 Å². The van der Waals surface area contributed by atoms with Gasteiger partial charge in [0, 0.05) is 0 Å². The van der Waals surface area contributed by atoms with Crippen molar-refractivity contribution in [2.24, 2.45) is 11.7 Å². The summed E-state index contributed by atoms with van der Waals surface area (Å²) in [7, 11) is 9.53. The Morgan fingerprint density at radius 1 is 1.14 bits per heavy atom. The second kappa shape index (κ2) is 63.7. The fourth-order valence-electron chi connectivity index (χ4n) is 0. The third-order valence-electron chi connectivity index (χ3n) is 0. The molecule has 7 heavy (non-hydrogen) atoms. The number of hydrogen-bond acceptors (Lipinski definition) is 2. The van der Waals surface area contributed by atoms with Crippen LogP contribution in [-0.4, -0.2) is 5.48 Å². The number of rotatable bonds is 0. The van der Waals surface area contributed by atoms with Gasteiger partial charge in [0.15, 0.2) is 0 Å². The van der Waals surface area contributed by atoms with Crippen molar-refractivity contribution in [2.45, 2.75) is 7.43 Å². The molecule has 0 aliphatic heterocycles. The molecule has 0 aromatic carbocycles. The number of hydrogen-bond donors (Lipinski definition) is 2. The second-order valence-electron chi connectivity index (χ2n) is 0.0505. The number of halogens is 2. The van der Waals surface area contributed by atoms with E-state index in [0.717, 1.165) is 0 Å². The molecule has 6 heteroatoms. The van der Waals surface area contributed by atoms with Crippen LogP contribution in [0.15, 0.2) is 0 Å². The molecule has 0 aromatic rings. The van der Waals surface area contributed by atoms with Gasteiger partial charge in [-0.1, -0.05) is 7.43 Å². The number of nitrogens with two attached hydrogens (primary N) is 2. The predicted molar refractivity (Wildman–Crippen MR) is 30.4 cm³/mol. The van der Waals surface area contributed by atoms with Gasteiger partial charge in [-0.3, -0.25) is 11.7 Å². The van der Waals surface area contributed by atoms with E-state index in [1.807, 2.05) is 0 Å². The van der Waals surface area contributed by atoms with Crippen LogP contribution < -0.4 is 11.7 Å². The fraction of sp³-hybridized carbons (Fsp3) is 1.00. The summed E-state index contributed by atoms with van der Waals surface area (Å²) in [6.45, 7) is 0. The van der Waals surface area contributed by atoms with Crippen LogP contribution in [0.1, 0.15) is 7.43 Å². The third-order valence-corrected chi connectivity index (χ3v) is 0. The van der Waals surface area contributed by atoms with E-state index in [0.29, 0.717) is 0 Å². The Kier molecular flexibility index (Phi) is 223. The molecule has 0 atom stereocenters. The van der Waals surface area contributed by atoms with Crippen molar-refractivity contribution in [2.75, 3.05) is 0 Å². The molecule has 0 saturated heterocycles. The van der Waals surface area contributed by atoms with E-state index in [1.54, 1.807) is 0 Å². The summed E-state index contributed by atoms with van der Waals surface area (Å²) in [6.07, 6.45) is 0. The molecule has 0 unspecified atom stereocenters. The van der Waals surface area contributed by atoms with Gasteiger partial charge in [-0.2, -0.15) is 0 Å². The Morgan fingerprint density at radius 3 is 1.14 bits per heavy atom. The monoisotopic (exact) mass is 192 g/mol.